The van der Waals surface area contributed by atoms with Crippen LogP contribution in [-0.2, 0) is 16.4 Å². The summed E-state index contributed by atoms with van der Waals surface area (Å²) in [6.45, 7) is 3.53. The van der Waals surface area contributed by atoms with Crippen molar-refractivity contribution in [3.63, 3.8) is 0 Å². The van der Waals surface area contributed by atoms with E-state index >= 15 is 0 Å². The third-order valence-electron chi connectivity index (χ3n) is 4.93. The normalized spacial score (nSPS) is 11.8. The van der Waals surface area contributed by atoms with E-state index in [4.69, 9.17) is 11.6 Å². The van der Waals surface area contributed by atoms with Gasteiger partial charge in [0.25, 0.3) is 5.91 Å². The van der Waals surface area contributed by atoms with Crippen LogP contribution < -0.4 is 4.90 Å². The van der Waals surface area contributed by atoms with Gasteiger partial charge in [-0.1, -0.05) is 29.0 Å². The van der Waals surface area contributed by atoms with E-state index in [9.17, 15) is 13.2 Å². The second-order valence-electron chi connectivity index (χ2n) is 7.48. The second kappa shape index (κ2) is 8.97. The number of thiazole rings is 1. The Balaban J connectivity index is 1.73. The number of sulfone groups is 1. The van der Waals surface area contributed by atoms with Crippen molar-refractivity contribution >= 4 is 54.0 Å². The number of amides is 1. The van der Waals surface area contributed by atoms with Gasteiger partial charge in [-0.2, -0.15) is 0 Å². The van der Waals surface area contributed by atoms with E-state index in [0.717, 1.165) is 15.8 Å². The summed E-state index contributed by atoms with van der Waals surface area (Å²) in [5.41, 5.74) is 1.96. The van der Waals surface area contributed by atoms with Gasteiger partial charge in [0.05, 0.1) is 26.9 Å². The Labute approximate surface area is 195 Å². The molecule has 1 amide bonds. The number of pyridine rings is 1. The van der Waals surface area contributed by atoms with Gasteiger partial charge in [-0.3, -0.25) is 14.7 Å². The van der Waals surface area contributed by atoms with Crippen molar-refractivity contribution in [1.29, 1.82) is 0 Å². The highest BCUT2D eigenvalue weighted by Gasteiger charge is 2.24. The molecule has 0 unspecified atom stereocenters. The highest BCUT2D eigenvalue weighted by Crippen LogP contribution is 2.32. The molecule has 4 aromatic rings. The number of carbonyl (C=O) groups is 1. The average molecular weight is 486 g/mol. The Morgan fingerprint density at radius 1 is 1.12 bits per heavy atom. The molecular weight excluding hydrogens is 466 g/mol. The van der Waals surface area contributed by atoms with Crippen LogP contribution in [0.3, 0.4) is 0 Å². The molecule has 32 heavy (non-hydrogen) atoms. The minimum absolute atomic E-state index is 0.192. The van der Waals surface area contributed by atoms with E-state index in [2.05, 4.69) is 9.97 Å². The van der Waals surface area contributed by atoms with Crippen molar-refractivity contribution in [1.82, 2.24) is 9.97 Å². The molecule has 0 fully saturated rings. The fourth-order valence-electron chi connectivity index (χ4n) is 3.12. The number of rotatable bonds is 6. The van der Waals surface area contributed by atoms with Crippen molar-refractivity contribution in [2.45, 2.75) is 30.5 Å². The molecule has 0 saturated carbocycles. The first-order chi connectivity index (χ1) is 15.3. The van der Waals surface area contributed by atoms with E-state index in [-0.39, 0.29) is 17.3 Å². The number of fused-ring (bicyclic) bond motifs is 1. The third kappa shape index (κ3) is 4.53. The van der Waals surface area contributed by atoms with Gasteiger partial charge >= 0.3 is 0 Å². The molecule has 0 aliphatic rings. The number of hydrogen-bond donors (Lipinski definition) is 0. The van der Waals surface area contributed by atoms with Crippen LogP contribution in [0, 0.1) is 0 Å². The van der Waals surface area contributed by atoms with Crippen molar-refractivity contribution in [2.24, 2.45) is 0 Å². The van der Waals surface area contributed by atoms with Crippen LogP contribution in [0.2, 0.25) is 5.02 Å². The van der Waals surface area contributed by atoms with Crippen LogP contribution >= 0.6 is 22.9 Å². The summed E-state index contributed by atoms with van der Waals surface area (Å²) < 4.78 is 25.7. The smallest absolute Gasteiger partial charge is 0.260 e. The molecule has 0 spiro atoms. The van der Waals surface area contributed by atoms with Crippen molar-refractivity contribution in [2.75, 3.05) is 4.90 Å². The Hall–Kier alpha value is -2.81. The first-order valence-corrected chi connectivity index (χ1v) is 12.6. The molecular formula is C23H20ClN3O3S2. The topological polar surface area (TPSA) is 80.2 Å². The lowest BCUT2D eigenvalue weighted by atomic mass is 10.2. The predicted molar refractivity (Wildman–Crippen MR) is 128 cm³/mol. The molecule has 0 atom stereocenters. The van der Waals surface area contributed by atoms with Crippen LogP contribution in [0.4, 0.5) is 5.13 Å². The van der Waals surface area contributed by atoms with Gasteiger partial charge in [-0.05, 0) is 67.9 Å². The molecule has 0 aliphatic heterocycles. The van der Waals surface area contributed by atoms with Gasteiger partial charge < -0.3 is 0 Å². The molecule has 2 heterocycles. The van der Waals surface area contributed by atoms with Gasteiger partial charge in [0.1, 0.15) is 0 Å². The largest absolute Gasteiger partial charge is 0.279 e. The Morgan fingerprint density at radius 2 is 1.88 bits per heavy atom. The molecule has 0 bridgehead atoms. The summed E-state index contributed by atoms with van der Waals surface area (Å²) in [6.07, 6.45) is 3.37. The van der Waals surface area contributed by atoms with Gasteiger partial charge in [0, 0.05) is 23.0 Å². The first kappa shape index (κ1) is 22.4. The van der Waals surface area contributed by atoms with Crippen LogP contribution in [0.15, 0.2) is 71.9 Å². The standard InChI is InChI=1S/C23H20ClN3O3S2/c1-15(2)32(29,30)19-8-5-17(6-9-19)22(28)27(14-16-4-3-11-25-13-16)23-26-20-10-7-18(24)12-21(20)31-23/h3-13,15H,14H2,1-2H3. The molecule has 0 saturated heterocycles. The molecule has 0 aliphatic carbocycles. The van der Waals surface area contributed by atoms with E-state index in [0.29, 0.717) is 15.7 Å². The summed E-state index contributed by atoms with van der Waals surface area (Å²) in [5, 5.41) is 0.579. The molecule has 6 nitrogen and oxygen atoms in total. The van der Waals surface area contributed by atoms with Crippen molar-refractivity contribution in [3.8, 4) is 0 Å². The van der Waals surface area contributed by atoms with Crippen LogP contribution in [0.25, 0.3) is 10.2 Å². The number of hydrogen-bond acceptors (Lipinski definition) is 6. The number of benzene rings is 2. The summed E-state index contributed by atoms with van der Waals surface area (Å²) in [5.74, 6) is -0.285. The quantitative estimate of drug-likeness (QED) is 0.366. The molecule has 0 N–H and O–H groups in total. The lowest BCUT2D eigenvalue weighted by molar-refractivity contribution is 0.0985. The minimum Gasteiger partial charge on any atom is -0.279 e. The first-order valence-electron chi connectivity index (χ1n) is 9.86. The number of carbonyl (C=O) groups excluding carboxylic acids is 1. The lowest BCUT2D eigenvalue weighted by Gasteiger charge is -2.20. The fraction of sp³-hybridized carbons (Fsp3) is 0.174. The molecule has 164 valence electrons. The van der Waals surface area contributed by atoms with Crippen molar-refractivity contribution < 1.29 is 13.2 Å². The Bertz CT molecular complexity index is 1370. The zero-order chi connectivity index (χ0) is 22.9. The number of anilines is 1. The maximum absolute atomic E-state index is 13.5. The van der Waals surface area contributed by atoms with Crippen molar-refractivity contribution in [3.05, 3.63) is 83.1 Å². The van der Waals surface area contributed by atoms with E-state index in [1.807, 2.05) is 24.3 Å². The molecule has 2 aromatic carbocycles. The number of halogens is 1. The van der Waals surface area contributed by atoms with Crippen LogP contribution in [0.5, 0.6) is 0 Å². The molecule has 2 aromatic heterocycles. The van der Waals surface area contributed by atoms with Gasteiger partial charge in [0.15, 0.2) is 15.0 Å². The second-order valence-corrected chi connectivity index (χ2v) is 11.4. The molecule has 4 rings (SSSR count). The van der Waals surface area contributed by atoms with E-state index in [1.54, 1.807) is 37.2 Å². The molecule has 0 radical (unpaired) electrons. The Kier molecular flexibility index (Phi) is 6.28. The van der Waals surface area contributed by atoms with Gasteiger partial charge in [0.2, 0.25) is 0 Å². The lowest BCUT2D eigenvalue weighted by Crippen LogP contribution is -2.30. The van der Waals surface area contributed by atoms with Gasteiger partial charge in [-0.25, -0.2) is 13.4 Å². The average Bonchev–Trinajstić information content (AvgIpc) is 3.20. The zero-order valence-corrected chi connectivity index (χ0v) is 19.8. The Morgan fingerprint density at radius 3 is 2.53 bits per heavy atom. The zero-order valence-electron chi connectivity index (χ0n) is 17.4. The summed E-state index contributed by atoms with van der Waals surface area (Å²) in [6, 6.07) is 15.1. The van der Waals surface area contributed by atoms with E-state index < -0.39 is 15.1 Å². The van der Waals surface area contributed by atoms with Crippen LogP contribution in [0.1, 0.15) is 29.8 Å². The predicted octanol–water partition coefficient (Wildman–Crippen LogP) is 5.37. The summed E-state index contributed by atoms with van der Waals surface area (Å²) in [7, 11) is -3.42. The number of aromatic nitrogens is 2. The fourth-order valence-corrected chi connectivity index (χ4v) is 5.42. The SMILES string of the molecule is CC(C)S(=O)(=O)c1ccc(C(=O)N(Cc2cccnc2)c2nc3ccc(Cl)cc3s2)cc1. The highest BCUT2D eigenvalue weighted by atomic mass is 35.5. The van der Waals surface area contributed by atoms with Crippen LogP contribution in [-0.4, -0.2) is 29.5 Å². The summed E-state index contributed by atoms with van der Waals surface area (Å²) >= 11 is 7.48. The third-order valence-corrected chi connectivity index (χ3v) is 8.38. The molecule has 9 heteroatoms. The maximum atomic E-state index is 13.5. The monoisotopic (exact) mass is 485 g/mol. The summed E-state index contributed by atoms with van der Waals surface area (Å²) in [4.78, 5) is 24.0. The van der Waals surface area contributed by atoms with E-state index in [1.165, 1.54) is 35.6 Å². The minimum atomic E-state index is -3.42. The van der Waals surface area contributed by atoms with Gasteiger partial charge in [-0.15, -0.1) is 0 Å². The highest BCUT2D eigenvalue weighted by molar-refractivity contribution is 7.92. The number of nitrogens with zero attached hydrogens (tertiary/aromatic N) is 3. The maximum Gasteiger partial charge on any atom is 0.260 e.